The molecule has 126 valence electrons. The first-order chi connectivity index (χ1) is 11.6. The molecule has 8 heteroatoms. The van der Waals surface area contributed by atoms with Crippen molar-refractivity contribution in [1.82, 2.24) is 19.9 Å². The predicted molar refractivity (Wildman–Crippen MR) is 88.6 cm³/mol. The molecule has 24 heavy (non-hydrogen) atoms. The minimum atomic E-state index is -0.427. The van der Waals surface area contributed by atoms with E-state index in [0.717, 1.165) is 5.69 Å². The fourth-order valence-corrected chi connectivity index (χ4v) is 2.53. The van der Waals surface area contributed by atoms with Gasteiger partial charge in [0.05, 0.1) is 17.8 Å². The first kappa shape index (κ1) is 16.1. The van der Waals surface area contributed by atoms with E-state index in [1.807, 2.05) is 39.0 Å². The Hall–Kier alpha value is -2.77. The van der Waals surface area contributed by atoms with Gasteiger partial charge < -0.3 is 10.1 Å². The largest absolute Gasteiger partial charge is 0.447 e. The number of cyclic esters (lactones) is 1. The Morgan fingerprint density at radius 3 is 2.79 bits per heavy atom. The van der Waals surface area contributed by atoms with Crippen molar-refractivity contribution in [3.63, 3.8) is 0 Å². The summed E-state index contributed by atoms with van der Waals surface area (Å²) in [6.07, 6.45) is 2.70. The second-order valence-electron chi connectivity index (χ2n) is 5.99. The zero-order valence-electron chi connectivity index (χ0n) is 13.9. The maximum atomic E-state index is 12.0. The van der Waals surface area contributed by atoms with Crippen LogP contribution < -0.4 is 10.2 Å². The summed E-state index contributed by atoms with van der Waals surface area (Å²) in [7, 11) is 0. The number of nitrogens with zero attached hydrogens (tertiary/aromatic N) is 5. The van der Waals surface area contributed by atoms with Crippen molar-refractivity contribution < 1.29 is 9.53 Å². The quantitative estimate of drug-likeness (QED) is 0.901. The summed E-state index contributed by atoms with van der Waals surface area (Å²) in [6, 6.07) is 5.55. The lowest BCUT2D eigenvalue weighted by atomic mass is 10.1. The summed E-state index contributed by atoms with van der Waals surface area (Å²) >= 11 is 0. The van der Waals surface area contributed by atoms with Crippen molar-refractivity contribution in [2.75, 3.05) is 16.8 Å². The fourth-order valence-electron chi connectivity index (χ4n) is 2.53. The van der Waals surface area contributed by atoms with E-state index < -0.39 is 6.09 Å². The van der Waals surface area contributed by atoms with Crippen LogP contribution >= 0.6 is 0 Å². The molecule has 0 bridgehead atoms. The molecule has 1 aliphatic rings. The van der Waals surface area contributed by atoms with Gasteiger partial charge in [-0.25, -0.2) is 19.7 Å². The molecular formula is C16H20N6O2. The van der Waals surface area contributed by atoms with Gasteiger partial charge in [0, 0.05) is 6.20 Å². The van der Waals surface area contributed by atoms with Gasteiger partial charge in [0.25, 0.3) is 0 Å². The SMILES string of the molecule is CC(C)[C@H]1COC(=O)N1c1ncnc(N[C@@H](C)c2ccccn2)n1. The second-order valence-corrected chi connectivity index (χ2v) is 5.99. The molecular weight excluding hydrogens is 308 g/mol. The lowest BCUT2D eigenvalue weighted by molar-refractivity contribution is 0.177. The fraction of sp³-hybridized carbons (Fsp3) is 0.438. The molecule has 2 atom stereocenters. The van der Waals surface area contributed by atoms with Crippen LogP contribution in [0.2, 0.25) is 0 Å². The maximum Gasteiger partial charge on any atom is 0.417 e. The minimum absolute atomic E-state index is 0.0760. The highest BCUT2D eigenvalue weighted by Gasteiger charge is 2.38. The van der Waals surface area contributed by atoms with Gasteiger partial charge in [-0.05, 0) is 25.0 Å². The predicted octanol–water partition coefficient (Wildman–Crippen LogP) is 2.42. The number of ether oxygens (including phenoxy) is 1. The summed E-state index contributed by atoms with van der Waals surface area (Å²) < 4.78 is 5.14. The zero-order chi connectivity index (χ0) is 17.1. The normalized spacial score (nSPS) is 18.6. The van der Waals surface area contributed by atoms with Gasteiger partial charge in [-0.2, -0.15) is 4.98 Å². The number of pyridine rings is 1. The van der Waals surface area contributed by atoms with E-state index in [9.17, 15) is 4.79 Å². The number of carbonyl (C=O) groups is 1. The monoisotopic (exact) mass is 328 g/mol. The highest BCUT2D eigenvalue weighted by Crippen LogP contribution is 2.24. The van der Waals surface area contributed by atoms with Gasteiger partial charge in [0.15, 0.2) is 0 Å². The van der Waals surface area contributed by atoms with Crippen LogP contribution in [0.1, 0.15) is 32.5 Å². The van der Waals surface area contributed by atoms with Crippen LogP contribution in [0.5, 0.6) is 0 Å². The molecule has 1 fully saturated rings. The Morgan fingerprint density at radius 1 is 1.25 bits per heavy atom. The third-order valence-corrected chi connectivity index (χ3v) is 3.93. The summed E-state index contributed by atoms with van der Waals surface area (Å²) in [5.41, 5.74) is 0.875. The van der Waals surface area contributed by atoms with E-state index in [1.54, 1.807) is 6.20 Å². The molecule has 3 rings (SSSR count). The molecule has 0 saturated carbocycles. The maximum absolute atomic E-state index is 12.0. The topological polar surface area (TPSA) is 93.1 Å². The molecule has 0 radical (unpaired) electrons. The number of hydrogen-bond donors (Lipinski definition) is 1. The van der Waals surface area contributed by atoms with Crippen molar-refractivity contribution in [1.29, 1.82) is 0 Å². The molecule has 0 aliphatic carbocycles. The summed E-state index contributed by atoms with van der Waals surface area (Å²) in [5.74, 6) is 0.916. The Balaban J connectivity index is 1.80. The van der Waals surface area contributed by atoms with Crippen LogP contribution in [0.4, 0.5) is 16.7 Å². The third kappa shape index (κ3) is 3.27. The molecule has 0 aromatic carbocycles. The Labute approximate surface area is 140 Å². The van der Waals surface area contributed by atoms with Crippen LogP contribution in [0, 0.1) is 5.92 Å². The molecule has 3 heterocycles. The van der Waals surface area contributed by atoms with E-state index in [2.05, 4.69) is 25.3 Å². The molecule has 0 unspecified atom stereocenters. The number of nitrogens with one attached hydrogen (secondary N) is 1. The standard InChI is InChI=1S/C16H20N6O2/c1-10(2)13-8-24-16(23)22(13)15-19-9-18-14(21-15)20-11(3)12-6-4-5-7-17-12/h4-7,9-11,13H,8H2,1-3H3,(H,18,19,20,21)/t11-,13+/m0/s1. The zero-order valence-corrected chi connectivity index (χ0v) is 13.9. The van der Waals surface area contributed by atoms with Crippen molar-refractivity contribution in [2.24, 2.45) is 5.92 Å². The summed E-state index contributed by atoms with van der Waals surface area (Å²) in [6.45, 7) is 6.37. The van der Waals surface area contributed by atoms with Crippen molar-refractivity contribution in [3.8, 4) is 0 Å². The molecule has 1 saturated heterocycles. The Morgan fingerprint density at radius 2 is 2.08 bits per heavy atom. The summed E-state index contributed by atoms with van der Waals surface area (Å²) in [4.78, 5) is 30.4. The number of carbonyl (C=O) groups excluding carboxylic acids is 1. The van der Waals surface area contributed by atoms with E-state index in [1.165, 1.54) is 11.2 Å². The van der Waals surface area contributed by atoms with E-state index >= 15 is 0 Å². The molecule has 8 nitrogen and oxygen atoms in total. The van der Waals surface area contributed by atoms with Crippen LogP contribution in [-0.4, -0.2) is 38.7 Å². The lowest BCUT2D eigenvalue weighted by Gasteiger charge is -2.22. The summed E-state index contributed by atoms with van der Waals surface area (Å²) in [5, 5.41) is 3.18. The average Bonchev–Trinajstić information content (AvgIpc) is 2.98. The number of rotatable bonds is 5. The minimum Gasteiger partial charge on any atom is -0.447 e. The number of aromatic nitrogens is 4. The number of hydrogen-bond acceptors (Lipinski definition) is 7. The van der Waals surface area contributed by atoms with Gasteiger partial charge in [0.2, 0.25) is 11.9 Å². The van der Waals surface area contributed by atoms with Crippen molar-refractivity contribution >= 4 is 18.0 Å². The highest BCUT2D eigenvalue weighted by molar-refractivity contribution is 5.88. The Bertz CT molecular complexity index is 709. The van der Waals surface area contributed by atoms with Crippen LogP contribution in [0.15, 0.2) is 30.7 Å². The van der Waals surface area contributed by atoms with E-state index in [4.69, 9.17) is 4.74 Å². The van der Waals surface area contributed by atoms with Gasteiger partial charge in [0.1, 0.15) is 12.9 Å². The van der Waals surface area contributed by atoms with E-state index in [0.29, 0.717) is 18.5 Å². The van der Waals surface area contributed by atoms with E-state index in [-0.39, 0.29) is 18.0 Å². The van der Waals surface area contributed by atoms with Crippen LogP contribution in [-0.2, 0) is 4.74 Å². The van der Waals surface area contributed by atoms with Gasteiger partial charge >= 0.3 is 6.09 Å². The molecule has 1 amide bonds. The highest BCUT2D eigenvalue weighted by atomic mass is 16.6. The first-order valence-corrected chi connectivity index (χ1v) is 7.88. The number of amides is 1. The van der Waals surface area contributed by atoms with Crippen LogP contribution in [0.25, 0.3) is 0 Å². The lowest BCUT2D eigenvalue weighted by Crippen LogP contribution is -2.38. The van der Waals surface area contributed by atoms with Gasteiger partial charge in [-0.15, -0.1) is 0 Å². The van der Waals surface area contributed by atoms with Crippen molar-refractivity contribution in [2.45, 2.75) is 32.9 Å². The Kier molecular flexibility index (Phi) is 4.54. The molecule has 1 aliphatic heterocycles. The second kappa shape index (κ2) is 6.77. The first-order valence-electron chi connectivity index (χ1n) is 7.88. The molecule has 2 aromatic heterocycles. The van der Waals surface area contributed by atoms with Gasteiger partial charge in [-0.1, -0.05) is 19.9 Å². The molecule has 0 spiro atoms. The number of anilines is 2. The molecule has 2 aromatic rings. The van der Waals surface area contributed by atoms with Gasteiger partial charge in [-0.3, -0.25) is 4.98 Å². The third-order valence-electron chi connectivity index (χ3n) is 3.93. The average molecular weight is 328 g/mol. The smallest absolute Gasteiger partial charge is 0.417 e. The van der Waals surface area contributed by atoms with Crippen LogP contribution in [0.3, 0.4) is 0 Å². The van der Waals surface area contributed by atoms with Crippen molar-refractivity contribution in [3.05, 3.63) is 36.4 Å². The molecule has 1 N–H and O–H groups in total.